The van der Waals surface area contributed by atoms with Gasteiger partial charge in [0.2, 0.25) is 5.91 Å². The van der Waals surface area contributed by atoms with Crippen LogP contribution in [-0.2, 0) is 14.9 Å². The minimum atomic E-state index is -4.10. The van der Waals surface area contributed by atoms with Crippen molar-refractivity contribution >= 4 is 21.7 Å². The maximum atomic E-state index is 13.1. The van der Waals surface area contributed by atoms with Crippen LogP contribution in [0, 0.1) is 5.82 Å². The second kappa shape index (κ2) is 5.92. The van der Waals surface area contributed by atoms with Gasteiger partial charge >= 0.3 is 10.1 Å². The van der Waals surface area contributed by atoms with Gasteiger partial charge in [-0.1, -0.05) is 6.07 Å². The van der Waals surface area contributed by atoms with Gasteiger partial charge in [-0.3, -0.25) is 4.79 Å². The van der Waals surface area contributed by atoms with Crippen LogP contribution in [0.4, 0.5) is 10.1 Å². The quantitative estimate of drug-likeness (QED) is 0.881. The molecule has 0 fully saturated rings. The fourth-order valence-corrected chi connectivity index (χ4v) is 2.56. The number of carbonyl (C=O) groups excluding carboxylic acids is 1. The van der Waals surface area contributed by atoms with Gasteiger partial charge in [0.15, 0.2) is 0 Å². The van der Waals surface area contributed by atoms with Gasteiger partial charge in [-0.2, -0.15) is 8.42 Å². The van der Waals surface area contributed by atoms with Crippen LogP contribution in [0.5, 0.6) is 5.75 Å². The van der Waals surface area contributed by atoms with E-state index in [1.165, 1.54) is 43.3 Å². The summed E-state index contributed by atoms with van der Waals surface area (Å²) in [6.45, 7) is 1.36. The molecule has 0 aliphatic heterocycles. The number of amides is 1. The summed E-state index contributed by atoms with van der Waals surface area (Å²) in [4.78, 5) is 10.6. The Morgan fingerprint density at radius 3 is 2.38 bits per heavy atom. The van der Waals surface area contributed by atoms with Gasteiger partial charge in [0.05, 0.1) is 0 Å². The number of rotatable bonds is 4. The molecule has 0 saturated carbocycles. The summed E-state index contributed by atoms with van der Waals surface area (Å²) < 4.78 is 41.9. The van der Waals surface area contributed by atoms with E-state index < -0.39 is 15.9 Å². The molecule has 7 heteroatoms. The molecular formula is C14H12FNO4S. The van der Waals surface area contributed by atoms with E-state index in [1.54, 1.807) is 0 Å². The predicted octanol–water partition coefficient (Wildman–Crippen LogP) is 2.55. The Balaban J connectivity index is 2.19. The van der Waals surface area contributed by atoms with Crippen molar-refractivity contribution in [2.24, 2.45) is 0 Å². The first kappa shape index (κ1) is 15.0. The molecule has 0 heterocycles. The lowest BCUT2D eigenvalue weighted by molar-refractivity contribution is -0.114. The van der Waals surface area contributed by atoms with Crippen molar-refractivity contribution < 1.29 is 21.8 Å². The van der Waals surface area contributed by atoms with E-state index in [-0.39, 0.29) is 16.6 Å². The second-order valence-electron chi connectivity index (χ2n) is 4.20. The van der Waals surface area contributed by atoms with Gasteiger partial charge < -0.3 is 9.50 Å². The molecule has 5 nitrogen and oxygen atoms in total. The van der Waals surface area contributed by atoms with Crippen molar-refractivity contribution in [2.75, 3.05) is 5.32 Å². The van der Waals surface area contributed by atoms with E-state index in [1.807, 2.05) is 0 Å². The number of hydrogen-bond donors (Lipinski definition) is 1. The molecule has 0 aromatic heterocycles. The summed E-state index contributed by atoms with van der Waals surface area (Å²) in [7, 11) is -4.10. The highest BCUT2D eigenvalue weighted by Gasteiger charge is 2.17. The predicted molar refractivity (Wildman–Crippen MR) is 75.0 cm³/mol. The SMILES string of the molecule is CC(=O)Nc1ccc(OS(=O)(=O)c2cccc(F)c2)cc1. The first-order valence-electron chi connectivity index (χ1n) is 5.94. The fourth-order valence-electron chi connectivity index (χ4n) is 1.59. The van der Waals surface area contributed by atoms with Crippen molar-refractivity contribution in [3.8, 4) is 5.75 Å². The Morgan fingerprint density at radius 1 is 1.14 bits per heavy atom. The van der Waals surface area contributed by atoms with Crippen LogP contribution >= 0.6 is 0 Å². The Hall–Kier alpha value is -2.41. The molecule has 0 unspecified atom stereocenters. The lowest BCUT2D eigenvalue weighted by Crippen LogP contribution is -2.10. The molecule has 0 aliphatic carbocycles. The number of benzene rings is 2. The second-order valence-corrected chi connectivity index (χ2v) is 5.75. The zero-order chi connectivity index (χ0) is 15.5. The van der Waals surface area contributed by atoms with E-state index in [9.17, 15) is 17.6 Å². The average Bonchev–Trinajstić information content (AvgIpc) is 2.40. The van der Waals surface area contributed by atoms with Crippen LogP contribution < -0.4 is 9.50 Å². The molecule has 0 spiro atoms. The standard InChI is InChI=1S/C14H12FNO4S/c1-10(17)16-12-5-7-13(8-6-12)20-21(18,19)14-4-2-3-11(15)9-14/h2-9H,1H3,(H,16,17). The normalized spacial score (nSPS) is 11.0. The Morgan fingerprint density at radius 2 is 1.81 bits per heavy atom. The van der Waals surface area contributed by atoms with Crippen LogP contribution in [0.1, 0.15) is 6.92 Å². The zero-order valence-electron chi connectivity index (χ0n) is 11.0. The maximum Gasteiger partial charge on any atom is 0.339 e. The van der Waals surface area contributed by atoms with Crippen molar-refractivity contribution in [3.05, 3.63) is 54.3 Å². The Kier molecular flexibility index (Phi) is 4.23. The van der Waals surface area contributed by atoms with Crippen LogP contribution in [0.2, 0.25) is 0 Å². The molecule has 0 radical (unpaired) electrons. The fraction of sp³-hybridized carbons (Fsp3) is 0.0714. The summed E-state index contributed by atoms with van der Waals surface area (Å²) in [6.07, 6.45) is 0. The highest BCUT2D eigenvalue weighted by Crippen LogP contribution is 2.21. The molecule has 21 heavy (non-hydrogen) atoms. The molecule has 0 atom stereocenters. The number of anilines is 1. The number of hydrogen-bond acceptors (Lipinski definition) is 4. The van der Waals surface area contributed by atoms with Gasteiger partial charge in [0, 0.05) is 12.6 Å². The van der Waals surface area contributed by atoms with Gasteiger partial charge in [0.25, 0.3) is 0 Å². The third kappa shape index (κ3) is 4.03. The number of nitrogens with one attached hydrogen (secondary N) is 1. The van der Waals surface area contributed by atoms with Crippen molar-refractivity contribution in [2.45, 2.75) is 11.8 Å². The molecule has 2 aromatic carbocycles. The third-order valence-corrected chi connectivity index (χ3v) is 3.71. The molecule has 2 rings (SSSR count). The van der Waals surface area contributed by atoms with E-state index in [2.05, 4.69) is 5.32 Å². The molecule has 0 saturated heterocycles. The van der Waals surface area contributed by atoms with Gasteiger partial charge in [0.1, 0.15) is 16.5 Å². The largest absolute Gasteiger partial charge is 0.379 e. The lowest BCUT2D eigenvalue weighted by atomic mass is 10.3. The Bertz CT molecular complexity index is 757. The zero-order valence-corrected chi connectivity index (χ0v) is 11.9. The lowest BCUT2D eigenvalue weighted by Gasteiger charge is -2.08. The summed E-state index contributed by atoms with van der Waals surface area (Å²) in [5.74, 6) is -0.843. The van der Waals surface area contributed by atoms with Gasteiger partial charge in [-0.05, 0) is 42.5 Å². The highest BCUT2D eigenvalue weighted by molar-refractivity contribution is 7.87. The molecule has 0 bridgehead atoms. The van der Waals surface area contributed by atoms with Gasteiger partial charge in [-0.25, -0.2) is 4.39 Å². The van der Waals surface area contributed by atoms with Crippen LogP contribution in [0.25, 0.3) is 0 Å². The highest BCUT2D eigenvalue weighted by atomic mass is 32.2. The minimum Gasteiger partial charge on any atom is -0.379 e. The van der Waals surface area contributed by atoms with E-state index in [0.717, 1.165) is 12.1 Å². The molecule has 1 amide bonds. The minimum absolute atomic E-state index is 0.0633. The molecule has 0 aliphatic rings. The van der Waals surface area contributed by atoms with E-state index >= 15 is 0 Å². The van der Waals surface area contributed by atoms with E-state index in [0.29, 0.717) is 5.69 Å². The summed E-state index contributed by atoms with van der Waals surface area (Å²) in [5.41, 5.74) is 0.512. The molecular weight excluding hydrogens is 297 g/mol. The summed E-state index contributed by atoms with van der Waals surface area (Å²) in [6, 6.07) is 10.3. The average molecular weight is 309 g/mol. The monoisotopic (exact) mass is 309 g/mol. The first-order valence-corrected chi connectivity index (χ1v) is 7.35. The molecule has 110 valence electrons. The number of halogens is 1. The van der Waals surface area contributed by atoms with Crippen molar-refractivity contribution in [3.63, 3.8) is 0 Å². The van der Waals surface area contributed by atoms with Crippen molar-refractivity contribution in [1.82, 2.24) is 0 Å². The molecule has 2 aromatic rings. The smallest absolute Gasteiger partial charge is 0.339 e. The third-order valence-electron chi connectivity index (χ3n) is 2.47. The number of carbonyl (C=O) groups is 1. The van der Waals surface area contributed by atoms with Crippen LogP contribution in [0.15, 0.2) is 53.4 Å². The first-order chi connectivity index (χ1) is 9.87. The molecule has 1 N–H and O–H groups in total. The summed E-state index contributed by atoms with van der Waals surface area (Å²) >= 11 is 0. The van der Waals surface area contributed by atoms with Crippen LogP contribution in [-0.4, -0.2) is 14.3 Å². The summed E-state index contributed by atoms with van der Waals surface area (Å²) in [5, 5.41) is 2.54. The van der Waals surface area contributed by atoms with Crippen LogP contribution in [0.3, 0.4) is 0 Å². The van der Waals surface area contributed by atoms with E-state index in [4.69, 9.17) is 4.18 Å². The topological polar surface area (TPSA) is 72.5 Å². The van der Waals surface area contributed by atoms with Gasteiger partial charge in [-0.15, -0.1) is 0 Å². The Labute approximate surface area is 121 Å². The maximum absolute atomic E-state index is 13.1. The van der Waals surface area contributed by atoms with Crippen molar-refractivity contribution in [1.29, 1.82) is 0 Å².